The number of nitrogens with zero attached hydrogens (tertiary/aromatic N) is 3. The lowest BCUT2D eigenvalue weighted by Gasteiger charge is -2.16. The lowest BCUT2D eigenvalue weighted by atomic mass is 10.1. The van der Waals surface area contributed by atoms with Crippen molar-refractivity contribution in [3.8, 4) is 34.4 Å². The summed E-state index contributed by atoms with van der Waals surface area (Å²) in [6.07, 6.45) is 3.47. The molecule has 0 spiro atoms. The van der Waals surface area contributed by atoms with Gasteiger partial charge in [0.1, 0.15) is 18.1 Å². The van der Waals surface area contributed by atoms with E-state index in [9.17, 15) is 0 Å². The molecule has 0 N–H and O–H groups in total. The zero-order chi connectivity index (χ0) is 24.2. The van der Waals surface area contributed by atoms with Crippen molar-refractivity contribution in [2.45, 2.75) is 20.5 Å². The van der Waals surface area contributed by atoms with Crippen molar-refractivity contribution in [3.05, 3.63) is 102 Å². The average Bonchev–Trinajstić information content (AvgIpc) is 2.90. The van der Waals surface area contributed by atoms with E-state index in [0.29, 0.717) is 35.3 Å². The molecule has 3 heterocycles. The molecule has 0 radical (unpaired) electrons. The number of fused-ring (bicyclic) bond motifs is 1. The van der Waals surface area contributed by atoms with E-state index in [2.05, 4.69) is 9.97 Å². The fourth-order valence-electron chi connectivity index (χ4n) is 3.79. The maximum absolute atomic E-state index is 6.44. The molecule has 0 atom stereocenters. The lowest BCUT2D eigenvalue weighted by Crippen LogP contribution is -1.99. The number of aryl methyl sites for hydroxylation is 2. The number of aromatic nitrogens is 3. The van der Waals surface area contributed by atoms with Gasteiger partial charge < -0.3 is 14.2 Å². The lowest BCUT2D eigenvalue weighted by molar-refractivity contribution is 0.285. The minimum Gasteiger partial charge on any atom is -0.493 e. The van der Waals surface area contributed by atoms with Crippen molar-refractivity contribution in [3.63, 3.8) is 0 Å². The molecule has 5 rings (SSSR count). The quantitative estimate of drug-likeness (QED) is 0.268. The van der Waals surface area contributed by atoms with E-state index in [1.54, 1.807) is 19.5 Å². The Bertz CT molecular complexity index is 1470. The molecule has 0 aliphatic rings. The first-order chi connectivity index (χ1) is 17.1. The van der Waals surface area contributed by atoms with Gasteiger partial charge in [-0.1, -0.05) is 36.4 Å². The highest BCUT2D eigenvalue weighted by molar-refractivity contribution is 5.88. The highest BCUT2D eigenvalue weighted by atomic mass is 16.5. The summed E-state index contributed by atoms with van der Waals surface area (Å²) in [7, 11) is 1.62. The van der Waals surface area contributed by atoms with Crippen LogP contribution in [0.5, 0.6) is 23.0 Å². The van der Waals surface area contributed by atoms with Gasteiger partial charge in [0.05, 0.1) is 18.3 Å². The van der Waals surface area contributed by atoms with Gasteiger partial charge in [0, 0.05) is 29.5 Å². The molecule has 174 valence electrons. The van der Waals surface area contributed by atoms with Crippen LogP contribution in [0.4, 0.5) is 0 Å². The van der Waals surface area contributed by atoms with E-state index in [4.69, 9.17) is 19.2 Å². The summed E-state index contributed by atoms with van der Waals surface area (Å²) in [5.74, 6) is 2.50. The third-order valence-electron chi connectivity index (χ3n) is 5.78. The molecule has 0 saturated heterocycles. The summed E-state index contributed by atoms with van der Waals surface area (Å²) in [6.45, 7) is 4.43. The molecule has 0 amide bonds. The van der Waals surface area contributed by atoms with Crippen molar-refractivity contribution >= 4 is 10.9 Å². The van der Waals surface area contributed by atoms with Crippen LogP contribution in [0.3, 0.4) is 0 Å². The maximum atomic E-state index is 6.44. The van der Waals surface area contributed by atoms with Crippen molar-refractivity contribution in [2.75, 3.05) is 7.11 Å². The van der Waals surface area contributed by atoms with Gasteiger partial charge in [-0.2, -0.15) is 0 Å². The van der Waals surface area contributed by atoms with Crippen LogP contribution in [-0.4, -0.2) is 22.1 Å². The van der Waals surface area contributed by atoms with Crippen molar-refractivity contribution in [1.29, 1.82) is 0 Å². The van der Waals surface area contributed by atoms with Crippen LogP contribution in [-0.2, 0) is 6.61 Å². The Morgan fingerprint density at radius 3 is 2.34 bits per heavy atom. The molecular weight excluding hydrogens is 438 g/mol. The van der Waals surface area contributed by atoms with Gasteiger partial charge in [-0.3, -0.25) is 9.97 Å². The van der Waals surface area contributed by atoms with E-state index < -0.39 is 0 Å². The molecule has 35 heavy (non-hydrogen) atoms. The predicted octanol–water partition coefficient (Wildman–Crippen LogP) is 6.69. The predicted molar refractivity (Wildman–Crippen MR) is 136 cm³/mol. The van der Waals surface area contributed by atoms with E-state index in [1.165, 1.54) is 0 Å². The normalized spacial score (nSPS) is 10.8. The van der Waals surface area contributed by atoms with Crippen LogP contribution in [0.25, 0.3) is 22.3 Å². The highest BCUT2D eigenvalue weighted by Crippen LogP contribution is 2.39. The fraction of sp³-hybridized carbons (Fsp3) is 0.138. The van der Waals surface area contributed by atoms with E-state index in [0.717, 1.165) is 33.4 Å². The summed E-state index contributed by atoms with van der Waals surface area (Å²) in [4.78, 5) is 13.8. The number of methoxy groups -OCH3 is 1. The van der Waals surface area contributed by atoms with Crippen molar-refractivity contribution in [2.24, 2.45) is 0 Å². The molecule has 0 fully saturated rings. The molecule has 6 nitrogen and oxygen atoms in total. The Morgan fingerprint density at radius 2 is 1.57 bits per heavy atom. The summed E-state index contributed by atoms with van der Waals surface area (Å²) < 4.78 is 18.1. The number of hydrogen-bond donors (Lipinski definition) is 0. The first kappa shape index (κ1) is 22.3. The summed E-state index contributed by atoms with van der Waals surface area (Å²) >= 11 is 0. The Morgan fingerprint density at radius 1 is 0.743 bits per heavy atom. The van der Waals surface area contributed by atoms with Crippen LogP contribution in [0.1, 0.15) is 16.8 Å². The Balaban J connectivity index is 1.53. The topological polar surface area (TPSA) is 66.4 Å². The van der Waals surface area contributed by atoms with Crippen LogP contribution in [0.2, 0.25) is 0 Å². The summed E-state index contributed by atoms with van der Waals surface area (Å²) in [6, 6.07) is 23.3. The highest BCUT2D eigenvalue weighted by Gasteiger charge is 2.16. The number of ether oxygens (including phenoxy) is 3. The van der Waals surface area contributed by atoms with E-state index >= 15 is 0 Å². The molecule has 0 saturated carbocycles. The first-order valence-electron chi connectivity index (χ1n) is 11.3. The zero-order valence-electron chi connectivity index (χ0n) is 19.9. The standard InChI is InChI=1S/C29H25N3O3/c1-19-15-28(29(32-20(19)2)23-11-7-8-13-30-23)35-25-12-14-31-24-17-27(26(33-3)16-22(24)25)34-18-21-9-5-4-6-10-21/h4-17H,18H2,1-3H3. The monoisotopic (exact) mass is 463 g/mol. The maximum Gasteiger partial charge on any atom is 0.163 e. The molecule has 2 aromatic carbocycles. The second-order valence-corrected chi connectivity index (χ2v) is 8.16. The van der Waals surface area contributed by atoms with Gasteiger partial charge in [0.15, 0.2) is 17.2 Å². The number of benzene rings is 2. The molecule has 0 bridgehead atoms. The van der Waals surface area contributed by atoms with Gasteiger partial charge in [-0.15, -0.1) is 0 Å². The van der Waals surface area contributed by atoms with Gasteiger partial charge in [0.2, 0.25) is 0 Å². The molecular formula is C29H25N3O3. The van der Waals surface area contributed by atoms with Crippen LogP contribution >= 0.6 is 0 Å². The third kappa shape index (κ3) is 4.77. The Kier molecular flexibility index (Phi) is 6.26. The smallest absolute Gasteiger partial charge is 0.163 e. The first-order valence-corrected chi connectivity index (χ1v) is 11.3. The molecule has 0 unspecified atom stereocenters. The summed E-state index contributed by atoms with van der Waals surface area (Å²) in [5.41, 5.74) is 5.21. The van der Waals surface area contributed by atoms with Gasteiger partial charge in [0.25, 0.3) is 0 Å². The third-order valence-corrected chi connectivity index (χ3v) is 5.78. The van der Waals surface area contributed by atoms with Crippen LogP contribution < -0.4 is 14.2 Å². The molecule has 5 aromatic rings. The number of hydrogen-bond acceptors (Lipinski definition) is 6. The molecule has 0 aliphatic heterocycles. The Labute approximate surface area is 204 Å². The van der Waals surface area contributed by atoms with Gasteiger partial charge >= 0.3 is 0 Å². The van der Waals surface area contributed by atoms with Gasteiger partial charge in [-0.25, -0.2) is 4.98 Å². The minimum atomic E-state index is 0.431. The molecule has 0 aliphatic carbocycles. The van der Waals surface area contributed by atoms with E-state index in [-0.39, 0.29) is 0 Å². The van der Waals surface area contributed by atoms with Gasteiger partial charge in [-0.05, 0) is 55.3 Å². The number of pyridine rings is 3. The average molecular weight is 464 g/mol. The molecule has 6 heteroatoms. The fourth-order valence-corrected chi connectivity index (χ4v) is 3.79. The largest absolute Gasteiger partial charge is 0.493 e. The van der Waals surface area contributed by atoms with Crippen molar-refractivity contribution in [1.82, 2.24) is 15.0 Å². The zero-order valence-corrected chi connectivity index (χ0v) is 19.9. The van der Waals surface area contributed by atoms with Crippen LogP contribution in [0, 0.1) is 13.8 Å². The SMILES string of the molecule is COc1cc2c(Oc3cc(C)c(C)nc3-c3ccccn3)ccnc2cc1OCc1ccccc1. The number of rotatable bonds is 7. The van der Waals surface area contributed by atoms with Crippen LogP contribution in [0.15, 0.2) is 85.2 Å². The summed E-state index contributed by atoms with van der Waals surface area (Å²) in [5, 5.41) is 0.807. The van der Waals surface area contributed by atoms with E-state index in [1.807, 2.05) is 86.6 Å². The molecule has 3 aromatic heterocycles. The Hall–Kier alpha value is -4.45. The second-order valence-electron chi connectivity index (χ2n) is 8.16. The van der Waals surface area contributed by atoms with Crippen molar-refractivity contribution < 1.29 is 14.2 Å². The minimum absolute atomic E-state index is 0.431. The second kappa shape index (κ2) is 9.81.